The van der Waals surface area contributed by atoms with Crippen LogP contribution in [0.3, 0.4) is 0 Å². The van der Waals surface area contributed by atoms with Crippen LogP contribution in [0.2, 0.25) is 0 Å². The molecule has 4 heteroatoms. The van der Waals surface area contributed by atoms with E-state index in [1.54, 1.807) is 4.90 Å². The van der Waals surface area contributed by atoms with Gasteiger partial charge in [-0.15, -0.1) is 0 Å². The molecule has 1 saturated carbocycles. The van der Waals surface area contributed by atoms with Gasteiger partial charge in [0.05, 0.1) is 12.1 Å². The molecule has 96 valence electrons. The summed E-state index contributed by atoms with van der Waals surface area (Å²) in [6, 6.07) is 9.60. The largest absolute Gasteiger partial charge is 0.445 e. The molecule has 2 fully saturated rings. The monoisotopic (exact) mass is 247 g/mol. The van der Waals surface area contributed by atoms with Crippen LogP contribution in [-0.2, 0) is 11.3 Å². The van der Waals surface area contributed by atoms with E-state index in [0.29, 0.717) is 12.5 Å². The van der Waals surface area contributed by atoms with E-state index in [1.807, 2.05) is 30.3 Å². The Hall–Kier alpha value is -1.55. The molecule has 1 aliphatic heterocycles. The van der Waals surface area contributed by atoms with Gasteiger partial charge in [-0.2, -0.15) is 0 Å². The Bertz CT molecular complexity index is 434. The zero-order valence-corrected chi connectivity index (χ0v) is 10.2. The Morgan fingerprint density at radius 1 is 1.33 bits per heavy atom. The van der Waals surface area contributed by atoms with Crippen molar-refractivity contribution in [2.75, 3.05) is 6.54 Å². The molecule has 1 aromatic carbocycles. The number of aliphatic hydroxyl groups is 1. The van der Waals surface area contributed by atoms with Crippen LogP contribution in [0.25, 0.3) is 0 Å². The van der Waals surface area contributed by atoms with E-state index in [1.165, 1.54) is 0 Å². The molecule has 0 spiro atoms. The number of benzene rings is 1. The van der Waals surface area contributed by atoms with Gasteiger partial charge >= 0.3 is 6.09 Å². The Morgan fingerprint density at radius 3 is 2.78 bits per heavy atom. The molecule has 1 heterocycles. The number of hydrogen-bond donors (Lipinski definition) is 1. The lowest BCUT2D eigenvalue weighted by molar-refractivity contribution is 0.0367. The van der Waals surface area contributed by atoms with Gasteiger partial charge in [0.2, 0.25) is 0 Å². The van der Waals surface area contributed by atoms with Crippen molar-refractivity contribution in [3.63, 3.8) is 0 Å². The second-order valence-electron chi connectivity index (χ2n) is 5.16. The van der Waals surface area contributed by atoms with E-state index >= 15 is 0 Å². The average molecular weight is 247 g/mol. The van der Waals surface area contributed by atoms with Gasteiger partial charge < -0.3 is 14.7 Å². The summed E-state index contributed by atoms with van der Waals surface area (Å²) in [5.74, 6) is 0.453. The SMILES string of the molecule is O=C(OCc1ccccc1)N1C[C@H]2C[C@H](O)[C@@H]1C2. The third-order valence-corrected chi connectivity index (χ3v) is 3.89. The lowest BCUT2D eigenvalue weighted by Crippen LogP contribution is -2.44. The number of aliphatic hydroxyl groups excluding tert-OH is 1. The first-order valence-corrected chi connectivity index (χ1v) is 6.39. The zero-order valence-electron chi connectivity index (χ0n) is 10.2. The van der Waals surface area contributed by atoms with Gasteiger partial charge in [-0.1, -0.05) is 30.3 Å². The lowest BCUT2D eigenvalue weighted by atomic mass is 10.1. The van der Waals surface area contributed by atoms with E-state index in [4.69, 9.17) is 4.74 Å². The number of hydrogen-bond acceptors (Lipinski definition) is 3. The highest BCUT2D eigenvalue weighted by Crippen LogP contribution is 2.37. The normalized spacial score (nSPS) is 29.6. The van der Waals surface area contributed by atoms with Crippen LogP contribution in [0.1, 0.15) is 18.4 Å². The number of carbonyl (C=O) groups excluding carboxylic acids is 1. The number of piperidine rings is 1. The van der Waals surface area contributed by atoms with Crippen molar-refractivity contribution in [1.82, 2.24) is 4.90 Å². The molecule has 1 N–H and O–H groups in total. The van der Waals surface area contributed by atoms with Gasteiger partial charge in [0, 0.05) is 6.54 Å². The number of carbonyl (C=O) groups is 1. The van der Waals surface area contributed by atoms with Gasteiger partial charge in [0.15, 0.2) is 0 Å². The summed E-state index contributed by atoms with van der Waals surface area (Å²) >= 11 is 0. The molecule has 1 saturated heterocycles. The topological polar surface area (TPSA) is 49.8 Å². The van der Waals surface area contributed by atoms with Gasteiger partial charge in [-0.05, 0) is 24.3 Å². The van der Waals surface area contributed by atoms with Crippen molar-refractivity contribution in [2.24, 2.45) is 5.92 Å². The quantitative estimate of drug-likeness (QED) is 0.866. The molecule has 1 aliphatic carbocycles. The van der Waals surface area contributed by atoms with Crippen LogP contribution < -0.4 is 0 Å². The summed E-state index contributed by atoms with van der Waals surface area (Å²) in [6.07, 6.45) is 1.08. The summed E-state index contributed by atoms with van der Waals surface area (Å²) < 4.78 is 5.29. The predicted molar refractivity (Wildman–Crippen MR) is 65.9 cm³/mol. The van der Waals surface area contributed by atoms with Gasteiger partial charge in [0.25, 0.3) is 0 Å². The Kier molecular flexibility index (Phi) is 2.96. The summed E-state index contributed by atoms with van der Waals surface area (Å²) in [5.41, 5.74) is 0.982. The molecule has 0 unspecified atom stereocenters. The van der Waals surface area contributed by atoms with Crippen LogP contribution in [0, 0.1) is 5.92 Å². The molecule has 4 nitrogen and oxygen atoms in total. The standard InChI is InChI=1S/C14H17NO3/c16-13-7-11-6-12(13)15(8-11)14(17)18-9-10-4-2-1-3-5-10/h1-5,11-13,16H,6-9H2/t11-,12+,13+/m1/s1. The summed E-state index contributed by atoms with van der Waals surface area (Å²) in [7, 11) is 0. The second-order valence-corrected chi connectivity index (χ2v) is 5.16. The van der Waals surface area contributed by atoms with E-state index in [-0.39, 0.29) is 18.2 Å². The van der Waals surface area contributed by atoms with Crippen LogP contribution in [0.4, 0.5) is 4.79 Å². The maximum atomic E-state index is 11.9. The van der Waals surface area contributed by atoms with Crippen molar-refractivity contribution in [1.29, 1.82) is 0 Å². The Morgan fingerprint density at radius 2 is 2.11 bits per heavy atom. The molecule has 3 atom stereocenters. The first-order chi connectivity index (χ1) is 8.74. The minimum Gasteiger partial charge on any atom is -0.445 e. The van der Waals surface area contributed by atoms with Crippen molar-refractivity contribution < 1.29 is 14.6 Å². The smallest absolute Gasteiger partial charge is 0.410 e. The summed E-state index contributed by atoms with van der Waals surface area (Å²) in [6.45, 7) is 1.03. The summed E-state index contributed by atoms with van der Waals surface area (Å²) in [5, 5.41) is 9.77. The van der Waals surface area contributed by atoms with Crippen molar-refractivity contribution in [3.8, 4) is 0 Å². The second kappa shape index (κ2) is 4.61. The van der Waals surface area contributed by atoms with Crippen LogP contribution in [0.5, 0.6) is 0 Å². The van der Waals surface area contributed by atoms with Crippen molar-refractivity contribution >= 4 is 6.09 Å². The fourth-order valence-electron chi connectivity index (χ4n) is 3.00. The molecule has 1 amide bonds. The number of likely N-dealkylation sites (tertiary alicyclic amines) is 1. The van der Waals surface area contributed by atoms with Crippen molar-refractivity contribution in [3.05, 3.63) is 35.9 Å². The fourth-order valence-corrected chi connectivity index (χ4v) is 3.00. The first-order valence-electron chi connectivity index (χ1n) is 6.39. The van der Waals surface area contributed by atoms with Crippen LogP contribution >= 0.6 is 0 Å². The zero-order chi connectivity index (χ0) is 12.5. The van der Waals surface area contributed by atoms with Gasteiger partial charge in [0.1, 0.15) is 6.61 Å². The van der Waals surface area contributed by atoms with Crippen molar-refractivity contribution in [2.45, 2.75) is 31.6 Å². The molecule has 0 aromatic heterocycles. The number of amides is 1. The minimum absolute atomic E-state index is 0.0294. The van der Waals surface area contributed by atoms with E-state index in [9.17, 15) is 9.90 Å². The average Bonchev–Trinajstić information content (AvgIpc) is 2.96. The predicted octanol–water partition coefficient (Wildman–Crippen LogP) is 1.78. The van der Waals surface area contributed by atoms with E-state index in [2.05, 4.69) is 0 Å². The fraction of sp³-hybridized carbons (Fsp3) is 0.500. The Balaban J connectivity index is 1.56. The molecular formula is C14H17NO3. The summed E-state index contributed by atoms with van der Waals surface area (Å²) in [4.78, 5) is 13.6. The highest BCUT2D eigenvalue weighted by atomic mass is 16.6. The van der Waals surface area contributed by atoms with Gasteiger partial charge in [-0.25, -0.2) is 4.79 Å². The molecule has 3 rings (SSSR count). The van der Waals surface area contributed by atoms with E-state index in [0.717, 1.165) is 24.9 Å². The number of rotatable bonds is 2. The molecule has 18 heavy (non-hydrogen) atoms. The number of nitrogens with zero attached hydrogens (tertiary/aromatic N) is 1. The highest BCUT2D eigenvalue weighted by molar-refractivity contribution is 5.69. The third-order valence-electron chi connectivity index (χ3n) is 3.89. The Labute approximate surface area is 106 Å². The molecular weight excluding hydrogens is 230 g/mol. The van der Waals surface area contributed by atoms with Gasteiger partial charge in [-0.3, -0.25) is 0 Å². The third kappa shape index (κ3) is 2.08. The van der Waals surface area contributed by atoms with Crippen LogP contribution in [0.15, 0.2) is 30.3 Å². The maximum absolute atomic E-state index is 11.9. The van der Waals surface area contributed by atoms with Crippen LogP contribution in [-0.4, -0.2) is 34.8 Å². The maximum Gasteiger partial charge on any atom is 0.410 e. The molecule has 1 aromatic rings. The lowest BCUT2D eigenvalue weighted by Gasteiger charge is -2.29. The highest BCUT2D eigenvalue weighted by Gasteiger charge is 2.46. The van der Waals surface area contributed by atoms with E-state index < -0.39 is 0 Å². The number of fused-ring (bicyclic) bond motifs is 2. The molecule has 0 radical (unpaired) electrons. The first kappa shape index (κ1) is 11.5. The number of ether oxygens (including phenoxy) is 1. The molecule has 2 aliphatic rings. The molecule has 2 bridgehead atoms. The minimum atomic E-state index is -0.368.